The van der Waals surface area contributed by atoms with Crippen molar-refractivity contribution in [1.29, 1.82) is 0 Å². The summed E-state index contributed by atoms with van der Waals surface area (Å²) < 4.78 is 27.8. The van der Waals surface area contributed by atoms with Crippen LogP contribution >= 0.6 is 27.5 Å². The number of nitrogens with one attached hydrogen (secondary N) is 1. The van der Waals surface area contributed by atoms with Crippen molar-refractivity contribution in [3.05, 3.63) is 21.6 Å². The average molecular weight is 368 g/mol. The molecule has 1 fully saturated rings. The number of hydrogen-bond acceptors (Lipinski definition) is 3. The molecule has 0 amide bonds. The van der Waals surface area contributed by atoms with Crippen LogP contribution in [0.4, 0.5) is 5.69 Å². The molecule has 1 aliphatic carbocycles. The van der Waals surface area contributed by atoms with Gasteiger partial charge in [0.25, 0.3) is 0 Å². The Balaban J connectivity index is 2.28. The number of anilines is 1. The maximum absolute atomic E-state index is 12.4. The van der Waals surface area contributed by atoms with Crippen molar-refractivity contribution in [3.8, 4) is 0 Å². The Morgan fingerprint density at radius 1 is 1.47 bits per heavy atom. The van der Waals surface area contributed by atoms with E-state index in [1.165, 1.54) is 18.6 Å². The van der Waals surface area contributed by atoms with Crippen LogP contribution in [0.2, 0.25) is 5.02 Å². The van der Waals surface area contributed by atoms with Gasteiger partial charge in [-0.05, 0) is 53.7 Å². The summed E-state index contributed by atoms with van der Waals surface area (Å²) in [7, 11) is -3.62. The number of benzene rings is 1. The maximum Gasteiger partial charge on any atom is 0.242 e. The molecule has 0 spiro atoms. The molecule has 1 aromatic carbocycles. The molecule has 106 valence electrons. The first-order valence-electron chi connectivity index (χ1n) is 6.08. The minimum absolute atomic E-state index is 0.0779. The first-order chi connectivity index (χ1) is 8.81. The third kappa shape index (κ3) is 3.24. The number of nitrogens with two attached hydrogens (primary N) is 1. The van der Waals surface area contributed by atoms with E-state index in [0.29, 0.717) is 21.1 Å². The van der Waals surface area contributed by atoms with Gasteiger partial charge in [0.05, 0.1) is 9.37 Å². The molecule has 0 radical (unpaired) electrons. The molecule has 1 aliphatic rings. The summed E-state index contributed by atoms with van der Waals surface area (Å²) in [6, 6.07) is 2.84. The first-order valence-corrected chi connectivity index (χ1v) is 8.73. The molecular formula is C12H16BrClN2O2S. The van der Waals surface area contributed by atoms with Crippen molar-refractivity contribution < 1.29 is 8.42 Å². The summed E-state index contributed by atoms with van der Waals surface area (Å²) in [6.07, 6.45) is 3.32. The lowest BCUT2D eigenvalue weighted by Gasteiger charge is -2.31. The molecule has 1 atom stereocenters. The summed E-state index contributed by atoms with van der Waals surface area (Å²) in [4.78, 5) is 0.0867. The smallest absolute Gasteiger partial charge is 0.242 e. The van der Waals surface area contributed by atoms with Gasteiger partial charge < -0.3 is 5.73 Å². The largest absolute Gasteiger partial charge is 0.398 e. The van der Waals surface area contributed by atoms with Crippen molar-refractivity contribution in [1.82, 2.24) is 4.72 Å². The van der Waals surface area contributed by atoms with Crippen molar-refractivity contribution in [2.45, 2.75) is 37.1 Å². The highest BCUT2D eigenvalue weighted by atomic mass is 79.9. The monoisotopic (exact) mass is 366 g/mol. The molecule has 0 aliphatic heterocycles. The third-order valence-electron chi connectivity index (χ3n) is 3.52. The van der Waals surface area contributed by atoms with E-state index >= 15 is 0 Å². The van der Waals surface area contributed by atoms with E-state index in [0.717, 1.165) is 12.8 Å². The van der Waals surface area contributed by atoms with Crippen LogP contribution in [0.3, 0.4) is 0 Å². The second kappa shape index (κ2) is 5.60. The minimum atomic E-state index is -3.62. The maximum atomic E-state index is 12.4. The number of hydrogen-bond donors (Lipinski definition) is 2. The van der Waals surface area contributed by atoms with Gasteiger partial charge in [-0.15, -0.1) is 0 Å². The summed E-state index contributed by atoms with van der Waals surface area (Å²) >= 11 is 9.08. The van der Waals surface area contributed by atoms with Crippen molar-refractivity contribution in [2.75, 3.05) is 5.73 Å². The second-order valence-electron chi connectivity index (χ2n) is 4.91. The quantitative estimate of drug-likeness (QED) is 0.803. The van der Waals surface area contributed by atoms with E-state index in [1.807, 2.05) is 6.92 Å². The fourth-order valence-electron chi connectivity index (χ4n) is 2.12. The molecule has 1 unspecified atom stereocenters. The molecular weight excluding hydrogens is 352 g/mol. The predicted molar refractivity (Wildman–Crippen MR) is 80.7 cm³/mol. The Kier molecular flexibility index (Phi) is 4.45. The van der Waals surface area contributed by atoms with Gasteiger partial charge in [-0.1, -0.05) is 18.0 Å². The lowest BCUT2D eigenvalue weighted by molar-refractivity contribution is 0.260. The molecule has 7 heteroatoms. The van der Waals surface area contributed by atoms with Gasteiger partial charge in [0.15, 0.2) is 0 Å². The third-order valence-corrected chi connectivity index (χ3v) is 6.47. The summed E-state index contributed by atoms with van der Waals surface area (Å²) in [5.74, 6) is 0.421. The van der Waals surface area contributed by atoms with Gasteiger partial charge >= 0.3 is 0 Å². The van der Waals surface area contributed by atoms with Crippen LogP contribution < -0.4 is 10.5 Å². The van der Waals surface area contributed by atoms with E-state index in [1.54, 1.807) is 0 Å². The summed E-state index contributed by atoms with van der Waals surface area (Å²) in [5.41, 5.74) is 6.03. The number of sulfonamides is 1. The zero-order valence-corrected chi connectivity index (χ0v) is 13.6. The molecule has 4 nitrogen and oxygen atoms in total. The Labute approximate surface area is 126 Å². The molecule has 0 aromatic heterocycles. The second-order valence-corrected chi connectivity index (χ2v) is 7.82. The topological polar surface area (TPSA) is 72.2 Å². The van der Waals surface area contributed by atoms with E-state index in [4.69, 9.17) is 17.3 Å². The van der Waals surface area contributed by atoms with Gasteiger partial charge in [0.2, 0.25) is 10.0 Å². The Morgan fingerprint density at radius 3 is 2.63 bits per heavy atom. The van der Waals surface area contributed by atoms with Crippen LogP contribution in [0.1, 0.15) is 26.2 Å². The van der Waals surface area contributed by atoms with E-state index in [9.17, 15) is 8.42 Å². The number of halogens is 2. The Bertz CT molecular complexity index is 588. The van der Waals surface area contributed by atoms with E-state index in [2.05, 4.69) is 20.7 Å². The highest BCUT2D eigenvalue weighted by Crippen LogP contribution is 2.33. The van der Waals surface area contributed by atoms with Gasteiger partial charge in [-0.3, -0.25) is 0 Å². The molecule has 1 aromatic rings. The standard InChI is InChI=1S/C12H16BrClN2O2S/c1-7(8-3-2-4-8)16-19(17,18)11-6-9(14)5-10(15)12(11)13/h5-8,16H,2-4,15H2,1H3. The average Bonchev–Trinajstić information content (AvgIpc) is 2.19. The van der Waals surface area contributed by atoms with Gasteiger partial charge in [0, 0.05) is 16.8 Å². The van der Waals surface area contributed by atoms with Crippen molar-refractivity contribution >= 4 is 43.2 Å². The molecule has 0 heterocycles. The van der Waals surface area contributed by atoms with Gasteiger partial charge in [-0.25, -0.2) is 13.1 Å². The lowest BCUT2D eigenvalue weighted by Crippen LogP contribution is -2.40. The number of rotatable bonds is 4. The molecule has 0 bridgehead atoms. The zero-order valence-electron chi connectivity index (χ0n) is 10.5. The fourth-order valence-corrected chi connectivity index (χ4v) is 4.73. The lowest BCUT2D eigenvalue weighted by atomic mass is 9.81. The van der Waals surface area contributed by atoms with Crippen LogP contribution in [0.25, 0.3) is 0 Å². The number of nitrogen functional groups attached to an aromatic ring is 1. The normalized spacial score (nSPS) is 18.1. The van der Waals surface area contributed by atoms with E-state index < -0.39 is 10.0 Å². The molecule has 0 saturated heterocycles. The molecule has 1 saturated carbocycles. The highest BCUT2D eigenvalue weighted by molar-refractivity contribution is 9.10. The van der Waals surface area contributed by atoms with Crippen LogP contribution in [-0.2, 0) is 10.0 Å². The highest BCUT2D eigenvalue weighted by Gasteiger charge is 2.29. The van der Waals surface area contributed by atoms with Crippen LogP contribution in [0.15, 0.2) is 21.5 Å². The molecule has 2 rings (SSSR count). The summed E-state index contributed by atoms with van der Waals surface area (Å²) in [6.45, 7) is 1.89. The van der Waals surface area contributed by atoms with E-state index in [-0.39, 0.29) is 10.9 Å². The van der Waals surface area contributed by atoms with Crippen LogP contribution in [0.5, 0.6) is 0 Å². The van der Waals surface area contributed by atoms with Crippen molar-refractivity contribution in [2.24, 2.45) is 5.92 Å². The predicted octanol–water partition coefficient (Wildman–Crippen LogP) is 3.15. The fraction of sp³-hybridized carbons (Fsp3) is 0.500. The zero-order chi connectivity index (χ0) is 14.2. The SMILES string of the molecule is CC(NS(=O)(=O)c1cc(Cl)cc(N)c1Br)C1CCC1. The van der Waals surface area contributed by atoms with Crippen LogP contribution in [-0.4, -0.2) is 14.5 Å². The Hall–Kier alpha value is -0.300. The van der Waals surface area contributed by atoms with Gasteiger partial charge in [-0.2, -0.15) is 0 Å². The molecule has 3 N–H and O–H groups in total. The Morgan fingerprint density at radius 2 is 2.11 bits per heavy atom. The van der Waals surface area contributed by atoms with Crippen LogP contribution in [0, 0.1) is 5.92 Å². The summed E-state index contributed by atoms with van der Waals surface area (Å²) in [5, 5.41) is 0.303. The van der Waals surface area contributed by atoms with Gasteiger partial charge in [0.1, 0.15) is 0 Å². The van der Waals surface area contributed by atoms with Crippen molar-refractivity contribution in [3.63, 3.8) is 0 Å². The molecule has 19 heavy (non-hydrogen) atoms. The first kappa shape index (κ1) is 15.1. The minimum Gasteiger partial charge on any atom is -0.398 e.